The molecule has 2 aliphatic heterocycles. The van der Waals surface area contributed by atoms with Crippen molar-refractivity contribution in [1.82, 2.24) is 10.3 Å². The van der Waals surface area contributed by atoms with Crippen LogP contribution in [0.2, 0.25) is 0 Å². The molecule has 1 aromatic rings. The van der Waals surface area contributed by atoms with Gasteiger partial charge in [0.15, 0.2) is 0 Å². The topological polar surface area (TPSA) is 93.2 Å². The minimum absolute atomic E-state index is 0.0718. The molecule has 0 spiro atoms. The number of alkyl halides is 1. The van der Waals surface area contributed by atoms with Crippen LogP contribution < -0.4 is 15.0 Å². The Kier molecular flexibility index (Phi) is 5.31. The highest BCUT2D eigenvalue weighted by Gasteiger charge is 2.40. The van der Waals surface area contributed by atoms with Gasteiger partial charge in [0.2, 0.25) is 5.88 Å². The van der Waals surface area contributed by atoms with E-state index < -0.39 is 24.0 Å². The van der Waals surface area contributed by atoms with E-state index in [1.165, 1.54) is 0 Å². The Morgan fingerprint density at radius 3 is 2.89 bits per heavy atom. The lowest BCUT2D eigenvalue weighted by atomic mass is 9.89. The first kappa shape index (κ1) is 17.2. The Hall–Kier alpha value is -1.97. The van der Waals surface area contributed by atoms with Crippen LogP contribution in [-0.4, -0.2) is 81.4 Å². The van der Waals surface area contributed by atoms with E-state index in [0.29, 0.717) is 18.8 Å². The number of anilines is 1. The van der Waals surface area contributed by atoms with E-state index in [1.807, 2.05) is 4.90 Å². The summed E-state index contributed by atoms with van der Waals surface area (Å²) in [5.41, 5.74) is -0.727. The van der Waals surface area contributed by atoms with Crippen molar-refractivity contribution in [3.8, 4) is 5.88 Å². The average molecular weight is 385 g/mol. The molecule has 150 valence electrons. The maximum Gasteiger partial charge on any atom is 0.270 e. The smallest absolute Gasteiger partial charge is 0.270 e. The molecule has 2 fully saturated rings. The summed E-state index contributed by atoms with van der Waals surface area (Å²) < 4.78 is 45.0. The number of pyridine rings is 1. The molecule has 9 heteroatoms. The molecule has 0 radical (unpaired) electrons. The number of carbonyl (C=O) groups is 1. The van der Waals surface area contributed by atoms with Gasteiger partial charge in [-0.3, -0.25) is 9.18 Å². The normalized spacial score (nSPS) is 21.4. The summed E-state index contributed by atoms with van der Waals surface area (Å²) in [6.07, 6.45) is 0.0718. The molecule has 27 heavy (non-hydrogen) atoms. The van der Waals surface area contributed by atoms with Gasteiger partial charge in [0.05, 0.1) is 34.1 Å². The third-order valence-corrected chi connectivity index (χ3v) is 4.69. The third kappa shape index (κ3) is 4.31. The molecule has 1 unspecified atom stereocenters. The van der Waals surface area contributed by atoms with Gasteiger partial charge in [0.1, 0.15) is 24.6 Å². The first-order chi connectivity index (χ1) is 13.7. The Morgan fingerprint density at radius 1 is 1.59 bits per heavy atom. The summed E-state index contributed by atoms with van der Waals surface area (Å²) in [7, 11) is 1.62. The van der Waals surface area contributed by atoms with Gasteiger partial charge in [0, 0.05) is 26.2 Å². The second-order valence-corrected chi connectivity index (χ2v) is 7.00. The van der Waals surface area contributed by atoms with Gasteiger partial charge in [0.25, 0.3) is 5.91 Å². The van der Waals surface area contributed by atoms with Gasteiger partial charge in [-0.2, -0.15) is 0 Å². The maximum absolute atomic E-state index is 14.1. The number of ether oxygens (including phenoxy) is 3. The van der Waals surface area contributed by atoms with Crippen molar-refractivity contribution in [2.45, 2.75) is 19.1 Å². The summed E-state index contributed by atoms with van der Waals surface area (Å²) in [6, 6.07) is 2.78. The number of aliphatic hydroxyl groups is 1. The Labute approximate surface area is 160 Å². The third-order valence-electron chi connectivity index (χ3n) is 4.69. The number of hydrogen-bond donors (Lipinski definition) is 2. The number of halogens is 1. The standard InChI is InChI=1S/C18H26FN3O5/c1-12(7-23)20-16(24)14-3-4-15(22-5-13(6-22)25-2)17(21-14)27-11-18(8-19)9-26-10-18/h3-4,12-13,23H,5-11H2,1-2H3,(H,20,24)/i8D2. The van der Waals surface area contributed by atoms with Crippen LogP contribution >= 0.6 is 0 Å². The van der Waals surface area contributed by atoms with Gasteiger partial charge < -0.3 is 29.5 Å². The summed E-state index contributed by atoms with van der Waals surface area (Å²) in [5, 5.41) is 11.7. The zero-order chi connectivity index (χ0) is 21.2. The number of aromatic nitrogens is 1. The monoisotopic (exact) mass is 385 g/mol. The molecule has 2 saturated heterocycles. The molecule has 3 rings (SSSR count). The van der Waals surface area contributed by atoms with Crippen molar-refractivity contribution in [1.29, 1.82) is 0 Å². The SMILES string of the molecule is [2H]C([2H])(F)C1(COc2nc(C(=O)NC(C)CO)ccc2N2CC(OC)C2)COC1. The summed E-state index contributed by atoms with van der Waals surface area (Å²) in [5.74, 6) is -0.372. The highest BCUT2D eigenvalue weighted by Crippen LogP contribution is 2.34. The number of methoxy groups -OCH3 is 1. The molecule has 3 heterocycles. The molecule has 1 aromatic heterocycles. The number of hydrogen-bond acceptors (Lipinski definition) is 7. The molecule has 1 atom stereocenters. The minimum Gasteiger partial charge on any atom is -0.475 e. The van der Waals surface area contributed by atoms with E-state index in [9.17, 15) is 9.18 Å². The van der Waals surface area contributed by atoms with E-state index in [2.05, 4.69) is 10.3 Å². The Morgan fingerprint density at radius 2 is 2.33 bits per heavy atom. The van der Waals surface area contributed by atoms with Crippen molar-refractivity contribution < 1.29 is 31.2 Å². The quantitative estimate of drug-likeness (QED) is 0.635. The highest BCUT2D eigenvalue weighted by atomic mass is 19.1. The fourth-order valence-corrected chi connectivity index (χ4v) is 2.75. The molecule has 1 amide bonds. The molecule has 2 N–H and O–H groups in total. The number of aliphatic hydroxyl groups excluding tert-OH is 1. The number of amides is 1. The predicted octanol–water partition coefficient (Wildman–Crippen LogP) is 0.392. The largest absolute Gasteiger partial charge is 0.475 e. The van der Waals surface area contributed by atoms with Gasteiger partial charge >= 0.3 is 0 Å². The van der Waals surface area contributed by atoms with Crippen LogP contribution in [0.1, 0.15) is 20.2 Å². The molecular weight excluding hydrogens is 357 g/mol. The van der Waals surface area contributed by atoms with Crippen LogP contribution in [0.5, 0.6) is 5.88 Å². The van der Waals surface area contributed by atoms with Crippen LogP contribution in [0.25, 0.3) is 0 Å². The fourth-order valence-electron chi connectivity index (χ4n) is 2.75. The van der Waals surface area contributed by atoms with E-state index in [-0.39, 0.29) is 44.1 Å². The second kappa shape index (κ2) is 8.37. The van der Waals surface area contributed by atoms with Crippen molar-refractivity contribution in [2.24, 2.45) is 5.41 Å². The number of nitrogens with zero attached hydrogens (tertiary/aromatic N) is 2. The van der Waals surface area contributed by atoms with Gasteiger partial charge in [-0.05, 0) is 19.1 Å². The second-order valence-electron chi connectivity index (χ2n) is 7.00. The van der Waals surface area contributed by atoms with Crippen molar-refractivity contribution in [3.05, 3.63) is 17.8 Å². The molecule has 0 saturated carbocycles. The Balaban J connectivity index is 1.81. The Bertz CT molecular complexity index is 739. The zero-order valence-corrected chi connectivity index (χ0v) is 15.4. The zero-order valence-electron chi connectivity index (χ0n) is 17.4. The summed E-state index contributed by atoms with van der Waals surface area (Å²) in [6.45, 7) is -0.804. The summed E-state index contributed by atoms with van der Waals surface area (Å²) in [4.78, 5) is 18.6. The average Bonchev–Trinajstić information content (AvgIpc) is 2.59. The van der Waals surface area contributed by atoms with E-state index in [4.69, 9.17) is 22.1 Å². The minimum atomic E-state index is -2.98. The fraction of sp³-hybridized carbons (Fsp3) is 0.667. The van der Waals surface area contributed by atoms with Gasteiger partial charge in [-0.15, -0.1) is 0 Å². The lowest BCUT2D eigenvalue weighted by Gasteiger charge is -2.41. The predicted molar refractivity (Wildman–Crippen MR) is 96.0 cm³/mol. The van der Waals surface area contributed by atoms with Crippen LogP contribution in [0.4, 0.5) is 10.1 Å². The van der Waals surface area contributed by atoms with Gasteiger partial charge in [-0.1, -0.05) is 0 Å². The first-order valence-electron chi connectivity index (χ1n) is 9.79. The summed E-state index contributed by atoms with van der Waals surface area (Å²) >= 11 is 0. The van der Waals surface area contributed by atoms with Crippen molar-refractivity contribution >= 4 is 11.6 Å². The van der Waals surface area contributed by atoms with E-state index in [1.54, 1.807) is 26.2 Å². The molecule has 8 nitrogen and oxygen atoms in total. The van der Waals surface area contributed by atoms with E-state index in [0.717, 1.165) is 0 Å². The number of nitrogens with one attached hydrogen (secondary N) is 1. The lowest BCUT2D eigenvalue weighted by molar-refractivity contribution is -0.141. The van der Waals surface area contributed by atoms with Crippen LogP contribution in [0.3, 0.4) is 0 Å². The molecule has 0 bridgehead atoms. The molecule has 0 aliphatic carbocycles. The van der Waals surface area contributed by atoms with Crippen LogP contribution in [0, 0.1) is 5.41 Å². The van der Waals surface area contributed by atoms with Crippen molar-refractivity contribution in [3.63, 3.8) is 0 Å². The number of carbonyl (C=O) groups excluding carboxylic acids is 1. The molecule has 0 aromatic carbocycles. The first-order valence-corrected chi connectivity index (χ1v) is 8.79. The van der Waals surface area contributed by atoms with Crippen molar-refractivity contribution in [2.75, 3.05) is 58.2 Å². The van der Waals surface area contributed by atoms with Crippen LogP contribution in [-0.2, 0) is 9.47 Å². The molecular formula is C18H26FN3O5. The maximum atomic E-state index is 14.1. The highest BCUT2D eigenvalue weighted by molar-refractivity contribution is 5.93. The molecule has 2 aliphatic rings. The van der Waals surface area contributed by atoms with Crippen LogP contribution in [0.15, 0.2) is 12.1 Å². The lowest BCUT2D eigenvalue weighted by Crippen LogP contribution is -2.52. The number of rotatable bonds is 9. The van der Waals surface area contributed by atoms with E-state index >= 15 is 0 Å². The van der Waals surface area contributed by atoms with Gasteiger partial charge in [-0.25, -0.2) is 4.98 Å².